The SMILES string of the molecule is CCNCC1(Cc2cc(OC)ccc2Br)CC2CCC1C2. The van der Waals surface area contributed by atoms with E-state index >= 15 is 0 Å². The molecule has 1 N–H and O–H groups in total. The first-order valence-corrected chi connectivity index (χ1v) is 8.99. The number of benzene rings is 1. The summed E-state index contributed by atoms with van der Waals surface area (Å²) in [5.74, 6) is 2.84. The largest absolute Gasteiger partial charge is 0.497 e. The Morgan fingerprint density at radius 1 is 1.38 bits per heavy atom. The Morgan fingerprint density at radius 3 is 2.86 bits per heavy atom. The van der Waals surface area contributed by atoms with Gasteiger partial charge in [0.1, 0.15) is 5.75 Å². The predicted octanol–water partition coefficient (Wildman–Crippen LogP) is 4.42. The average Bonchev–Trinajstić information content (AvgIpc) is 3.08. The lowest BCUT2D eigenvalue weighted by atomic mass is 9.69. The second-order valence-electron chi connectivity index (χ2n) is 6.86. The summed E-state index contributed by atoms with van der Waals surface area (Å²) in [5.41, 5.74) is 1.85. The molecule has 21 heavy (non-hydrogen) atoms. The molecule has 1 aromatic carbocycles. The lowest BCUT2D eigenvalue weighted by Gasteiger charge is -2.38. The fourth-order valence-electron chi connectivity index (χ4n) is 4.62. The molecular weight excluding hydrogens is 326 g/mol. The highest BCUT2D eigenvalue weighted by atomic mass is 79.9. The molecule has 1 aromatic rings. The molecule has 3 rings (SSSR count). The van der Waals surface area contributed by atoms with E-state index in [1.807, 2.05) is 6.07 Å². The summed E-state index contributed by atoms with van der Waals surface area (Å²) in [6.07, 6.45) is 6.90. The van der Waals surface area contributed by atoms with Gasteiger partial charge in [-0.3, -0.25) is 0 Å². The van der Waals surface area contributed by atoms with Crippen LogP contribution in [0.5, 0.6) is 5.75 Å². The summed E-state index contributed by atoms with van der Waals surface area (Å²) < 4.78 is 6.64. The van der Waals surface area contributed by atoms with Crippen molar-refractivity contribution < 1.29 is 4.74 Å². The molecule has 3 atom stereocenters. The standard InChI is InChI=1S/C18H26BrNO/c1-3-20-12-18(10-13-4-5-15(18)8-13)11-14-9-16(21-2)6-7-17(14)19/h6-7,9,13,15,20H,3-5,8,10-12H2,1-2H3. The van der Waals surface area contributed by atoms with Crippen LogP contribution in [0.3, 0.4) is 0 Å². The topological polar surface area (TPSA) is 21.3 Å². The van der Waals surface area contributed by atoms with Crippen molar-refractivity contribution in [3.8, 4) is 5.75 Å². The maximum Gasteiger partial charge on any atom is 0.119 e. The number of hydrogen-bond acceptors (Lipinski definition) is 2. The maximum absolute atomic E-state index is 5.41. The second kappa shape index (κ2) is 6.29. The molecule has 3 unspecified atom stereocenters. The fourth-order valence-corrected chi connectivity index (χ4v) is 5.01. The lowest BCUT2D eigenvalue weighted by molar-refractivity contribution is 0.157. The second-order valence-corrected chi connectivity index (χ2v) is 7.71. The maximum atomic E-state index is 5.41. The highest BCUT2D eigenvalue weighted by molar-refractivity contribution is 9.10. The average molecular weight is 352 g/mol. The van der Waals surface area contributed by atoms with Crippen molar-refractivity contribution >= 4 is 15.9 Å². The predicted molar refractivity (Wildman–Crippen MR) is 90.8 cm³/mol. The Labute approximate surface area is 136 Å². The Kier molecular flexibility index (Phi) is 4.60. The number of ether oxygens (including phenoxy) is 1. The Balaban J connectivity index is 1.85. The van der Waals surface area contributed by atoms with Gasteiger partial charge in [-0.25, -0.2) is 0 Å². The quantitative estimate of drug-likeness (QED) is 0.819. The Hall–Kier alpha value is -0.540. The van der Waals surface area contributed by atoms with E-state index in [1.54, 1.807) is 7.11 Å². The van der Waals surface area contributed by atoms with Gasteiger partial charge in [-0.05, 0) is 73.2 Å². The van der Waals surface area contributed by atoms with E-state index in [0.29, 0.717) is 5.41 Å². The van der Waals surface area contributed by atoms with E-state index in [0.717, 1.165) is 30.7 Å². The zero-order valence-corrected chi connectivity index (χ0v) is 14.7. The zero-order chi connectivity index (χ0) is 14.9. The van der Waals surface area contributed by atoms with Crippen molar-refractivity contribution in [1.82, 2.24) is 5.32 Å². The van der Waals surface area contributed by atoms with Gasteiger partial charge in [0, 0.05) is 11.0 Å². The summed E-state index contributed by atoms with van der Waals surface area (Å²) in [6, 6.07) is 6.37. The minimum Gasteiger partial charge on any atom is -0.497 e. The fraction of sp³-hybridized carbons (Fsp3) is 0.667. The molecule has 0 aromatic heterocycles. The molecule has 0 amide bonds. The van der Waals surface area contributed by atoms with Crippen molar-refractivity contribution in [3.05, 3.63) is 28.2 Å². The molecule has 2 aliphatic carbocycles. The van der Waals surface area contributed by atoms with Crippen LogP contribution in [0.1, 0.15) is 38.2 Å². The summed E-state index contributed by atoms with van der Waals surface area (Å²) in [6.45, 7) is 4.44. The molecule has 3 heteroatoms. The van der Waals surface area contributed by atoms with Crippen LogP contribution in [0.25, 0.3) is 0 Å². The molecule has 2 fully saturated rings. The van der Waals surface area contributed by atoms with Gasteiger partial charge < -0.3 is 10.1 Å². The molecule has 2 aliphatic rings. The van der Waals surface area contributed by atoms with Crippen molar-refractivity contribution in [2.75, 3.05) is 20.2 Å². The van der Waals surface area contributed by atoms with Gasteiger partial charge in [0.2, 0.25) is 0 Å². The lowest BCUT2D eigenvalue weighted by Crippen LogP contribution is -2.40. The zero-order valence-electron chi connectivity index (χ0n) is 13.1. The van der Waals surface area contributed by atoms with Gasteiger partial charge >= 0.3 is 0 Å². The number of methoxy groups -OCH3 is 1. The van der Waals surface area contributed by atoms with Crippen LogP contribution in [0.2, 0.25) is 0 Å². The first-order valence-electron chi connectivity index (χ1n) is 8.20. The van der Waals surface area contributed by atoms with Crippen LogP contribution in [-0.4, -0.2) is 20.2 Å². The highest BCUT2D eigenvalue weighted by Gasteiger charge is 2.50. The van der Waals surface area contributed by atoms with Crippen molar-refractivity contribution in [3.63, 3.8) is 0 Å². The van der Waals surface area contributed by atoms with Crippen LogP contribution in [0.4, 0.5) is 0 Å². The summed E-state index contributed by atoms with van der Waals surface area (Å²) in [5, 5.41) is 3.64. The van der Waals surface area contributed by atoms with E-state index in [1.165, 1.54) is 42.1 Å². The van der Waals surface area contributed by atoms with Gasteiger partial charge in [0.15, 0.2) is 0 Å². The minimum absolute atomic E-state index is 0.452. The summed E-state index contributed by atoms with van der Waals surface area (Å²) in [7, 11) is 1.75. The van der Waals surface area contributed by atoms with Crippen LogP contribution in [-0.2, 0) is 6.42 Å². The highest BCUT2D eigenvalue weighted by Crippen LogP contribution is 2.57. The third-order valence-electron chi connectivity index (χ3n) is 5.62. The van der Waals surface area contributed by atoms with E-state index in [2.05, 4.69) is 40.3 Å². The molecule has 2 saturated carbocycles. The van der Waals surface area contributed by atoms with Crippen LogP contribution in [0, 0.1) is 17.3 Å². The molecule has 0 aliphatic heterocycles. The number of fused-ring (bicyclic) bond motifs is 2. The van der Waals surface area contributed by atoms with E-state index in [-0.39, 0.29) is 0 Å². The normalized spacial score (nSPS) is 30.8. The molecule has 116 valence electrons. The van der Waals surface area contributed by atoms with Gasteiger partial charge in [0.05, 0.1) is 7.11 Å². The number of hydrogen-bond donors (Lipinski definition) is 1. The van der Waals surface area contributed by atoms with Crippen molar-refractivity contribution in [2.24, 2.45) is 17.3 Å². The molecule has 0 saturated heterocycles. The molecule has 2 nitrogen and oxygen atoms in total. The third-order valence-corrected chi connectivity index (χ3v) is 6.40. The van der Waals surface area contributed by atoms with Gasteiger partial charge in [-0.15, -0.1) is 0 Å². The molecule has 0 radical (unpaired) electrons. The summed E-state index contributed by atoms with van der Waals surface area (Å²) >= 11 is 3.74. The Morgan fingerprint density at radius 2 is 2.24 bits per heavy atom. The smallest absolute Gasteiger partial charge is 0.119 e. The Bertz CT molecular complexity index is 504. The van der Waals surface area contributed by atoms with Crippen LogP contribution < -0.4 is 10.1 Å². The van der Waals surface area contributed by atoms with Crippen molar-refractivity contribution in [2.45, 2.75) is 39.0 Å². The van der Waals surface area contributed by atoms with Crippen LogP contribution in [0.15, 0.2) is 22.7 Å². The van der Waals surface area contributed by atoms with Gasteiger partial charge in [0.25, 0.3) is 0 Å². The van der Waals surface area contributed by atoms with E-state index in [9.17, 15) is 0 Å². The molecule has 0 spiro atoms. The van der Waals surface area contributed by atoms with Crippen molar-refractivity contribution in [1.29, 1.82) is 0 Å². The van der Waals surface area contributed by atoms with E-state index in [4.69, 9.17) is 4.74 Å². The third kappa shape index (κ3) is 3.00. The minimum atomic E-state index is 0.452. The molecular formula is C18H26BrNO. The first kappa shape index (κ1) is 15.4. The number of halogens is 1. The first-order chi connectivity index (χ1) is 10.2. The summed E-state index contributed by atoms with van der Waals surface area (Å²) in [4.78, 5) is 0. The van der Waals surface area contributed by atoms with E-state index < -0.39 is 0 Å². The monoisotopic (exact) mass is 351 g/mol. The molecule has 0 heterocycles. The van der Waals surface area contributed by atoms with Gasteiger partial charge in [-0.1, -0.05) is 29.3 Å². The molecule has 2 bridgehead atoms. The number of nitrogens with one attached hydrogen (secondary N) is 1. The van der Waals surface area contributed by atoms with Crippen LogP contribution >= 0.6 is 15.9 Å². The number of rotatable bonds is 6. The van der Waals surface area contributed by atoms with Gasteiger partial charge in [-0.2, -0.15) is 0 Å².